The molecule has 11 atom stereocenters. The van der Waals surface area contributed by atoms with Gasteiger partial charge in [-0.15, -0.1) is 0 Å². The predicted octanol–water partition coefficient (Wildman–Crippen LogP) is -1.61. The second-order valence-electron chi connectivity index (χ2n) is 9.59. The average Bonchev–Trinajstić information content (AvgIpc) is 3.60. The first kappa shape index (κ1) is 26.8. The summed E-state index contributed by atoms with van der Waals surface area (Å²) in [6.07, 6.45) is -4.38. The van der Waals surface area contributed by atoms with Crippen LogP contribution in [0, 0.1) is 11.8 Å². The Morgan fingerprint density at radius 3 is 2.63 bits per heavy atom. The number of carbonyl (C=O) groups excluding carboxylic acids is 1. The number of hydrogen-bond donors (Lipinski definition) is 6. The van der Waals surface area contributed by atoms with Crippen molar-refractivity contribution in [1.29, 1.82) is 0 Å². The minimum atomic E-state index is -1.65. The highest BCUT2D eigenvalue weighted by Crippen LogP contribution is 2.60. The van der Waals surface area contributed by atoms with E-state index in [1.165, 1.54) is 31.6 Å². The van der Waals surface area contributed by atoms with E-state index in [-0.39, 0.29) is 11.5 Å². The number of aliphatic hydroxyl groups is 5. The molecule has 3 fully saturated rings. The van der Waals surface area contributed by atoms with E-state index in [0.717, 1.165) is 0 Å². The second-order valence-corrected chi connectivity index (χ2v) is 9.59. The molecule has 0 spiro atoms. The molecular formula is C25H30O13. The lowest BCUT2D eigenvalue weighted by molar-refractivity contribution is -0.344. The molecule has 1 aromatic carbocycles. The zero-order valence-corrected chi connectivity index (χ0v) is 20.3. The molecule has 0 radical (unpaired) electrons. The zero-order chi connectivity index (χ0) is 27.2. The lowest BCUT2D eigenvalue weighted by Gasteiger charge is -2.43. The third-order valence-electron chi connectivity index (χ3n) is 7.47. The number of aromatic hydroxyl groups is 1. The topological polar surface area (TPSA) is 197 Å². The van der Waals surface area contributed by atoms with Crippen molar-refractivity contribution in [2.45, 2.75) is 54.8 Å². The number of hydrogen-bond acceptors (Lipinski definition) is 13. The average molecular weight is 539 g/mol. The van der Waals surface area contributed by atoms with E-state index in [4.69, 9.17) is 28.4 Å². The summed E-state index contributed by atoms with van der Waals surface area (Å²) in [6, 6.07) is 4.57. The maximum Gasteiger partial charge on any atom is 0.331 e. The van der Waals surface area contributed by atoms with Gasteiger partial charge in [-0.1, -0.05) is 6.07 Å². The Morgan fingerprint density at radius 1 is 1.13 bits per heavy atom. The highest BCUT2D eigenvalue weighted by Gasteiger charge is 2.77. The van der Waals surface area contributed by atoms with E-state index in [1.807, 2.05) is 0 Å². The molecule has 5 rings (SSSR count). The first-order chi connectivity index (χ1) is 18.2. The number of rotatable bonds is 8. The summed E-state index contributed by atoms with van der Waals surface area (Å²) >= 11 is 0. The third-order valence-corrected chi connectivity index (χ3v) is 7.47. The number of ether oxygens (including phenoxy) is 6. The summed E-state index contributed by atoms with van der Waals surface area (Å²) in [5.41, 5.74) is -0.556. The Bertz CT molecular complexity index is 1090. The molecule has 6 N–H and O–H groups in total. The number of methoxy groups -OCH3 is 1. The van der Waals surface area contributed by atoms with Gasteiger partial charge in [0, 0.05) is 12.0 Å². The van der Waals surface area contributed by atoms with Crippen LogP contribution in [0.15, 0.2) is 36.6 Å². The van der Waals surface area contributed by atoms with Crippen molar-refractivity contribution < 1.29 is 63.9 Å². The van der Waals surface area contributed by atoms with Crippen molar-refractivity contribution in [3.05, 3.63) is 42.2 Å². The van der Waals surface area contributed by atoms with Crippen LogP contribution in [-0.4, -0.2) is 112 Å². The van der Waals surface area contributed by atoms with Crippen LogP contribution < -0.4 is 4.74 Å². The molecule has 1 saturated carbocycles. The molecule has 3 aliphatic heterocycles. The van der Waals surface area contributed by atoms with Crippen LogP contribution in [-0.2, 0) is 28.5 Å². The minimum Gasteiger partial charge on any atom is -0.504 e. The van der Waals surface area contributed by atoms with Crippen molar-refractivity contribution in [2.24, 2.45) is 11.8 Å². The van der Waals surface area contributed by atoms with Crippen LogP contribution in [0.2, 0.25) is 0 Å². The van der Waals surface area contributed by atoms with Crippen LogP contribution in [0.25, 0.3) is 6.08 Å². The van der Waals surface area contributed by atoms with Gasteiger partial charge in [-0.25, -0.2) is 4.79 Å². The number of fused-ring (bicyclic) bond motifs is 3. The molecule has 13 nitrogen and oxygen atoms in total. The highest BCUT2D eigenvalue weighted by atomic mass is 16.8. The number of carbonyl (C=O) groups is 1. The quantitative estimate of drug-likeness (QED) is 0.126. The van der Waals surface area contributed by atoms with Crippen LogP contribution in [0.5, 0.6) is 11.5 Å². The molecule has 3 heterocycles. The fraction of sp³-hybridized carbons (Fsp3) is 0.560. The van der Waals surface area contributed by atoms with Crippen LogP contribution in [0.1, 0.15) is 5.56 Å². The lowest BCUT2D eigenvalue weighted by Crippen LogP contribution is -2.60. The van der Waals surface area contributed by atoms with Gasteiger partial charge >= 0.3 is 5.97 Å². The normalized spacial score (nSPS) is 41.3. The molecular weight excluding hydrogens is 508 g/mol. The summed E-state index contributed by atoms with van der Waals surface area (Å²) in [4.78, 5) is 12.7. The number of phenolic OH excluding ortho intramolecular Hbond substituents is 1. The zero-order valence-electron chi connectivity index (χ0n) is 20.3. The van der Waals surface area contributed by atoms with Gasteiger partial charge in [-0.2, -0.15) is 0 Å². The smallest absolute Gasteiger partial charge is 0.331 e. The monoisotopic (exact) mass is 538 g/mol. The van der Waals surface area contributed by atoms with E-state index in [1.54, 1.807) is 18.2 Å². The number of benzene rings is 1. The second kappa shape index (κ2) is 10.4. The summed E-state index contributed by atoms with van der Waals surface area (Å²) in [5.74, 6) is -1.64. The first-order valence-electron chi connectivity index (χ1n) is 12.1. The molecule has 1 aliphatic carbocycles. The van der Waals surface area contributed by atoms with E-state index >= 15 is 0 Å². The summed E-state index contributed by atoms with van der Waals surface area (Å²) in [5, 5.41) is 59.8. The largest absolute Gasteiger partial charge is 0.504 e. The third kappa shape index (κ3) is 4.54. The van der Waals surface area contributed by atoms with Gasteiger partial charge in [0.2, 0.25) is 6.29 Å². The first-order valence-corrected chi connectivity index (χ1v) is 12.1. The fourth-order valence-corrected chi connectivity index (χ4v) is 5.42. The number of phenols is 1. The fourth-order valence-electron chi connectivity index (χ4n) is 5.42. The van der Waals surface area contributed by atoms with Crippen molar-refractivity contribution in [3.63, 3.8) is 0 Å². The van der Waals surface area contributed by atoms with Crippen LogP contribution in [0.3, 0.4) is 0 Å². The molecule has 0 aromatic heterocycles. The van der Waals surface area contributed by atoms with E-state index in [9.17, 15) is 35.4 Å². The molecule has 208 valence electrons. The Hall–Kier alpha value is -2.75. The molecule has 0 amide bonds. The molecule has 2 saturated heterocycles. The number of epoxide rings is 1. The maximum atomic E-state index is 12.7. The van der Waals surface area contributed by atoms with Gasteiger partial charge < -0.3 is 59.1 Å². The summed E-state index contributed by atoms with van der Waals surface area (Å²) in [6.45, 7) is -1.06. The number of esters is 1. The maximum absolute atomic E-state index is 12.7. The Kier molecular flexibility index (Phi) is 7.37. The molecule has 4 aliphatic rings. The van der Waals surface area contributed by atoms with Crippen molar-refractivity contribution in [1.82, 2.24) is 0 Å². The van der Waals surface area contributed by atoms with Gasteiger partial charge in [0.1, 0.15) is 42.2 Å². The van der Waals surface area contributed by atoms with Gasteiger partial charge in [-0.05, 0) is 29.8 Å². The van der Waals surface area contributed by atoms with Gasteiger partial charge in [-0.3, -0.25) is 0 Å². The van der Waals surface area contributed by atoms with Crippen molar-refractivity contribution in [2.75, 3.05) is 20.3 Å². The highest BCUT2D eigenvalue weighted by molar-refractivity contribution is 5.87. The summed E-state index contributed by atoms with van der Waals surface area (Å²) in [7, 11) is 1.41. The van der Waals surface area contributed by atoms with Crippen molar-refractivity contribution in [3.8, 4) is 11.5 Å². The van der Waals surface area contributed by atoms with Gasteiger partial charge in [0.05, 0.1) is 32.5 Å². The minimum absolute atomic E-state index is 0.0396. The standard InChI is InChI=1S/C25H30O13/c1-33-14-8-11(2-4-13(14)28)3-5-16(29)36-21-12-6-7-34-23(17(12)25(10-27)22(21)38-25)37-24-20(32)19(31)18(30)15(9-26)35-24/h2-8,12,15,17-24,26-28,30-32H,9-10H2,1H3/b5-3+/t12-,15-,17+,18-,19-,20-,21+,22-,23-,24-,25+/m1/s1. The number of aliphatic hydroxyl groups excluding tert-OH is 5. The summed E-state index contributed by atoms with van der Waals surface area (Å²) < 4.78 is 33.4. The van der Waals surface area contributed by atoms with E-state index in [0.29, 0.717) is 5.56 Å². The predicted molar refractivity (Wildman–Crippen MR) is 124 cm³/mol. The molecule has 13 heteroatoms. The van der Waals surface area contributed by atoms with E-state index < -0.39 is 85.8 Å². The Balaban J connectivity index is 1.29. The van der Waals surface area contributed by atoms with Crippen LogP contribution in [0.4, 0.5) is 0 Å². The molecule has 1 aromatic rings. The molecule has 0 bridgehead atoms. The van der Waals surface area contributed by atoms with E-state index in [2.05, 4.69) is 0 Å². The van der Waals surface area contributed by atoms with Crippen LogP contribution >= 0.6 is 0 Å². The Morgan fingerprint density at radius 2 is 1.92 bits per heavy atom. The van der Waals surface area contributed by atoms with Gasteiger partial charge in [0.15, 0.2) is 17.8 Å². The SMILES string of the molecule is COc1cc(/C=C/C(=O)O[C@H]2[C@@H]3C=CO[C@H](O[C@H]4O[C@H](CO)[C@@H](O)[C@@H](O)[C@H]4O)[C@H]3[C@]3(CO)O[C@H]23)ccc1O. The Labute approximate surface area is 217 Å². The van der Waals surface area contributed by atoms with Crippen molar-refractivity contribution >= 4 is 12.0 Å². The molecule has 0 unspecified atom stereocenters. The van der Waals surface area contributed by atoms with Gasteiger partial charge in [0.25, 0.3) is 0 Å². The molecule has 38 heavy (non-hydrogen) atoms. The lowest BCUT2D eigenvalue weighted by atomic mass is 9.85.